The molecule has 0 atom stereocenters. The highest BCUT2D eigenvalue weighted by atomic mass is 32.1. The molecule has 3 heterocycles. The largest absolute Gasteiger partial charge is 0.454 e. The van der Waals surface area contributed by atoms with Gasteiger partial charge >= 0.3 is 0 Å². The van der Waals surface area contributed by atoms with Crippen molar-refractivity contribution < 1.29 is 9.30 Å². The topological polar surface area (TPSA) is 17.5 Å². The molecule has 4 heteroatoms. The van der Waals surface area contributed by atoms with Crippen molar-refractivity contribution >= 4 is 32.2 Å². The van der Waals surface area contributed by atoms with Gasteiger partial charge in [-0.15, -0.1) is 11.3 Å². The van der Waals surface area contributed by atoms with Gasteiger partial charge in [-0.2, -0.15) is 0 Å². The second-order valence-corrected chi connectivity index (χ2v) is 9.10. The minimum atomic E-state index is -0.619. The molecule has 0 unspecified atom stereocenters. The molecule has 2 aromatic heterocycles. The lowest BCUT2D eigenvalue weighted by molar-refractivity contribution is -0.659. The summed E-state index contributed by atoms with van der Waals surface area (Å²) in [5.74, 6) is 1.78. The Balaban J connectivity index is 2.00. The number of hydrogen-bond acceptors (Lipinski definition) is 2. The number of aromatic nitrogens is 1. The van der Waals surface area contributed by atoms with Gasteiger partial charge in [-0.3, -0.25) is 0 Å². The fourth-order valence-corrected chi connectivity index (χ4v) is 5.50. The number of ether oxygens (including phenoxy) is 1. The molecule has 4 aromatic rings. The van der Waals surface area contributed by atoms with Crippen LogP contribution in [-0.4, -0.2) is 0 Å². The molecule has 138 valence electrons. The van der Waals surface area contributed by atoms with E-state index in [9.17, 15) is 0 Å². The number of benzene rings is 2. The SMILES string of the molecule is [C-]#[N+]C(C)(C)c1sc2cc[n+](C)c3c2c1Oc1c-3c(C)c2ccccc2c1C. The number of pyridine rings is 1. The summed E-state index contributed by atoms with van der Waals surface area (Å²) in [7, 11) is 2.09. The average Bonchev–Trinajstić information content (AvgIpc) is 3.08. The second-order valence-electron chi connectivity index (χ2n) is 8.05. The van der Waals surface area contributed by atoms with Crippen molar-refractivity contribution in [2.45, 2.75) is 33.2 Å². The van der Waals surface area contributed by atoms with Crippen LogP contribution in [0.4, 0.5) is 0 Å². The molecule has 0 amide bonds. The Bertz CT molecular complexity index is 1360. The van der Waals surface area contributed by atoms with Gasteiger partial charge in [-0.25, -0.2) is 11.1 Å². The van der Waals surface area contributed by atoms with Crippen LogP contribution in [0.5, 0.6) is 11.5 Å². The van der Waals surface area contributed by atoms with Crippen LogP contribution in [0.3, 0.4) is 0 Å². The lowest BCUT2D eigenvalue weighted by Gasteiger charge is -2.23. The first kappa shape index (κ1) is 17.2. The maximum atomic E-state index is 7.70. The molecule has 0 aliphatic carbocycles. The molecule has 0 saturated carbocycles. The Morgan fingerprint density at radius 1 is 1.04 bits per heavy atom. The van der Waals surface area contributed by atoms with E-state index in [0.717, 1.165) is 27.3 Å². The Kier molecular flexibility index (Phi) is 3.42. The van der Waals surface area contributed by atoms with Gasteiger partial charge in [0.2, 0.25) is 5.69 Å². The normalized spacial score (nSPS) is 12.7. The van der Waals surface area contributed by atoms with E-state index >= 15 is 0 Å². The van der Waals surface area contributed by atoms with E-state index in [0.29, 0.717) is 0 Å². The summed E-state index contributed by atoms with van der Waals surface area (Å²) >= 11 is 1.68. The summed E-state index contributed by atoms with van der Waals surface area (Å²) in [5.41, 5.74) is 4.12. The lowest BCUT2D eigenvalue weighted by atomic mass is 9.89. The van der Waals surface area contributed by atoms with Crippen LogP contribution in [-0.2, 0) is 12.6 Å². The first-order valence-corrected chi connectivity index (χ1v) is 10.2. The zero-order valence-corrected chi connectivity index (χ0v) is 17.5. The minimum absolute atomic E-state index is 0.619. The smallest absolute Gasteiger partial charge is 0.264 e. The highest BCUT2D eigenvalue weighted by Gasteiger charge is 2.40. The number of aryl methyl sites for hydroxylation is 3. The highest BCUT2D eigenvalue weighted by Crippen LogP contribution is 2.55. The molecule has 0 radical (unpaired) electrons. The molecular weight excluding hydrogens is 364 g/mol. The predicted octanol–water partition coefficient (Wildman–Crippen LogP) is 6.42. The molecule has 0 N–H and O–H groups in total. The standard InChI is InChI=1S/C24H21N2OS/c1-13-15-9-7-8-10-16(15)14(2)21-18(13)20-19-17(11-12-26(20)6)28-23(22(19)27-21)24(3,4)25-5/h7-12H,1-4,6H3/q+1. The number of fused-ring (bicyclic) bond motifs is 3. The molecular formula is C24H21N2OS+. The molecule has 0 saturated heterocycles. The maximum absolute atomic E-state index is 7.70. The number of rotatable bonds is 1. The quantitative estimate of drug-likeness (QED) is 0.240. The Labute approximate surface area is 168 Å². The van der Waals surface area contributed by atoms with Gasteiger partial charge in [0.05, 0.1) is 10.3 Å². The molecule has 0 bridgehead atoms. The molecule has 1 aliphatic heterocycles. The van der Waals surface area contributed by atoms with E-state index < -0.39 is 5.54 Å². The van der Waals surface area contributed by atoms with Crippen LogP contribution >= 0.6 is 11.3 Å². The molecule has 0 fully saturated rings. The summed E-state index contributed by atoms with van der Waals surface area (Å²) in [6.45, 7) is 16.0. The van der Waals surface area contributed by atoms with Crippen molar-refractivity contribution in [2.75, 3.05) is 0 Å². The number of thiophene rings is 1. The van der Waals surface area contributed by atoms with E-state index in [2.05, 4.69) is 66.8 Å². The van der Waals surface area contributed by atoms with Gasteiger partial charge in [0.1, 0.15) is 23.1 Å². The molecule has 1 aliphatic rings. The van der Waals surface area contributed by atoms with Crippen LogP contribution in [0.2, 0.25) is 0 Å². The van der Waals surface area contributed by atoms with E-state index in [4.69, 9.17) is 11.3 Å². The van der Waals surface area contributed by atoms with Crippen LogP contribution in [0.1, 0.15) is 29.9 Å². The zero-order valence-electron chi connectivity index (χ0n) is 16.7. The lowest BCUT2D eigenvalue weighted by Crippen LogP contribution is -2.31. The highest BCUT2D eigenvalue weighted by molar-refractivity contribution is 7.19. The van der Waals surface area contributed by atoms with Crippen LogP contribution in [0.25, 0.3) is 37.0 Å². The Morgan fingerprint density at radius 2 is 1.71 bits per heavy atom. The Morgan fingerprint density at radius 3 is 2.39 bits per heavy atom. The third-order valence-corrected chi connectivity index (χ3v) is 7.33. The summed E-state index contributed by atoms with van der Waals surface area (Å²) in [5, 5.41) is 3.62. The van der Waals surface area contributed by atoms with Gasteiger partial charge in [0, 0.05) is 25.5 Å². The molecule has 5 rings (SSSR count). The maximum Gasteiger partial charge on any atom is 0.264 e. The Hall–Kier alpha value is -2.90. The minimum Gasteiger partial charge on any atom is -0.454 e. The van der Waals surface area contributed by atoms with Crippen molar-refractivity contribution in [3.8, 4) is 22.8 Å². The fourth-order valence-electron chi connectivity index (χ4n) is 4.32. The van der Waals surface area contributed by atoms with Crippen molar-refractivity contribution in [1.29, 1.82) is 0 Å². The van der Waals surface area contributed by atoms with Gasteiger partial charge in [0.25, 0.3) is 5.54 Å². The van der Waals surface area contributed by atoms with Crippen LogP contribution in [0.15, 0.2) is 36.5 Å². The molecule has 2 aromatic carbocycles. The van der Waals surface area contributed by atoms with Crippen molar-refractivity contribution in [1.82, 2.24) is 0 Å². The van der Waals surface area contributed by atoms with Gasteiger partial charge in [0.15, 0.2) is 11.9 Å². The van der Waals surface area contributed by atoms with Gasteiger partial charge in [-0.05, 0) is 30.2 Å². The number of nitrogens with zero attached hydrogens (tertiary/aromatic N) is 2. The summed E-state index contributed by atoms with van der Waals surface area (Å²) in [6.07, 6.45) is 2.12. The van der Waals surface area contributed by atoms with Gasteiger partial charge in [-0.1, -0.05) is 24.3 Å². The van der Waals surface area contributed by atoms with E-state index in [1.807, 2.05) is 13.8 Å². The van der Waals surface area contributed by atoms with Gasteiger partial charge < -0.3 is 9.58 Å². The summed E-state index contributed by atoms with van der Waals surface area (Å²) in [6, 6.07) is 10.7. The van der Waals surface area contributed by atoms with Crippen LogP contribution in [0, 0.1) is 20.4 Å². The predicted molar refractivity (Wildman–Crippen MR) is 115 cm³/mol. The zero-order chi connectivity index (χ0) is 19.8. The molecule has 28 heavy (non-hydrogen) atoms. The van der Waals surface area contributed by atoms with E-state index in [-0.39, 0.29) is 0 Å². The molecule has 0 spiro atoms. The monoisotopic (exact) mass is 385 g/mol. The third-order valence-electron chi connectivity index (χ3n) is 5.88. The van der Waals surface area contributed by atoms with Crippen LogP contribution < -0.4 is 9.30 Å². The average molecular weight is 386 g/mol. The van der Waals surface area contributed by atoms with Crippen molar-refractivity contribution in [3.63, 3.8) is 0 Å². The first-order valence-electron chi connectivity index (χ1n) is 9.39. The second kappa shape index (κ2) is 5.56. The van der Waals surface area contributed by atoms with Crippen molar-refractivity contribution in [3.05, 3.63) is 63.9 Å². The van der Waals surface area contributed by atoms with Crippen molar-refractivity contribution in [2.24, 2.45) is 7.05 Å². The third kappa shape index (κ3) is 2.05. The first-order chi connectivity index (χ1) is 13.3. The number of hydrogen-bond donors (Lipinski definition) is 0. The molecule has 3 nitrogen and oxygen atoms in total. The summed E-state index contributed by atoms with van der Waals surface area (Å²) < 4.78 is 10.00. The van der Waals surface area contributed by atoms with E-state index in [1.54, 1.807) is 11.3 Å². The summed E-state index contributed by atoms with van der Waals surface area (Å²) in [4.78, 5) is 4.89. The fraction of sp³-hybridized carbons (Fsp3) is 0.250. The van der Waals surface area contributed by atoms with E-state index in [1.165, 1.54) is 32.3 Å².